The Morgan fingerprint density at radius 3 is 2.20 bits per heavy atom. The first kappa shape index (κ1) is 21.1. The highest BCUT2D eigenvalue weighted by atomic mass is 32.2. The van der Waals surface area contributed by atoms with Crippen LogP contribution in [-0.2, 0) is 10.0 Å². The summed E-state index contributed by atoms with van der Waals surface area (Å²) in [6.45, 7) is 4.48. The zero-order chi connectivity index (χ0) is 21.3. The van der Waals surface area contributed by atoms with Crippen LogP contribution < -0.4 is 0 Å². The third-order valence-electron chi connectivity index (χ3n) is 6.33. The summed E-state index contributed by atoms with van der Waals surface area (Å²) in [5, 5.41) is 3.76. The van der Waals surface area contributed by atoms with Crippen molar-refractivity contribution in [2.24, 2.45) is 0 Å². The Morgan fingerprint density at radius 2 is 1.63 bits per heavy atom. The number of benzene rings is 1. The molecular formula is C22H29N3O4S. The van der Waals surface area contributed by atoms with E-state index < -0.39 is 10.0 Å². The van der Waals surface area contributed by atoms with Crippen molar-refractivity contribution in [2.45, 2.75) is 56.8 Å². The summed E-state index contributed by atoms with van der Waals surface area (Å²) in [5.41, 5.74) is 2.35. The number of rotatable bonds is 4. The highest BCUT2D eigenvalue weighted by Crippen LogP contribution is 2.32. The second-order valence-corrected chi connectivity index (χ2v) is 10.2. The van der Waals surface area contributed by atoms with E-state index >= 15 is 0 Å². The topological polar surface area (TPSA) is 83.7 Å². The van der Waals surface area contributed by atoms with E-state index in [0.29, 0.717) is 36.0 Å². The number of piperazine rings is 1. The summed E-state index contributed by atoms with van der Waals surface area (Å²) < 4.78 is 32.3. The van der Waals surface area contributed by atoms with Gasteiger partial charge in [-0.2, -0.15) is 4.31 Å². The average molecular weight is 432 g/mol. The van der Waals surface area contributed by atoms with E-state index in [1.807, 2.05) is 12.1 Å². The Labute approximate surface area is 178 Å². The molecule has 1 aliphatic heterocycles. The number of hydrogen-bond donors (Lipinski definition) is 0. The third-order valence-corrected chi connectivity index (χ3v) is 8.47. The van der Waals surface area contributed by atoms with Crippen molar-refractivity contribution >= 4 is 15.9 Å². The molecule has 0 atom stereocenters. The van der Waals surface area contributed by atoms with Crippen LogP contribution in [0.2, 0.25) is 0 Å². The van der Waals surface area contributed by atoms with Crippen LogP contribution in [0, 0.1) is 13.8 Å². The lowest BCUT2D eigenvalue weighted by Gasteiger charge is -2.34. The SMILES string of the molecule is Cc1noc(C)c1S(=O)(=O)N1CCN(C(=O)c2ccc(C3CCCCC3)cc2)CC1. The molecule has 2 heterocycles. The van der Waals surface area contributed by atoms with Gasteiger partial charge in [-0.3, -0.25) is 4.79 Å². The number of carbonyl (C=O) groups excluding carboxylic acids is 1. The van der Waals surface area contributed by atoms with Gasteiger partial charge in [0, 0.05) is 31.7 Å². The Hall–Kier alpha value is -2.19. The van der Waals surface area contributed by atoms with Crippen molar-refractivity contribution in [1.29, 1.82) is 0 Å². The summed E-state index contributed by atoms with van der Waals surface area (Å²) in [6, 6.07) is 8.00. The largest absolute Gasteiger partial charge is 0.360 e. The van der Waals surface area contributed by atoms with E-state index in [0.717, 1.165) is 0 Å². The van der Waals surface area contributed by atoms with Gasteiger partial charge in [0.25, 0.3) is 5.91 Å². The summed E-state index contributed by atoms with van der Waals surface area (Å²) in [4.78, 5) is 14.8. The van der Waals surface area contributed by atoms with Gasteiger partial charge in [-0.1, -0.05) is 36.6 Å². The van der Waals surface area contributed by atoms with Gasteiger partial charge in [-0.25, -0.2) is 8.42 Å². The van der Waals surface area contributed by atoms with E-state index in [9.17, 15) is 13.2 Å². The van der Waals surface area contributed by atoms with E-state index in [4.69, 9.17) is 4.52 Å². The van der Waals surface area contributed by atoms with Gasteiger partial charge in [0.2, 0.25) is 10.0 Å². The van der Waals surface area contributed by atoms with Crippen molar-refractivity contribution in [1.82, 2.24) is 14.4 Å². The van der Waals surface area contributed by atoms with Crippen LogP contribution in [0.4, 0.5) is 0 Å². The van der Waals surface area contributed by atoms with Gasteiger partial charge >= 0.3 is 0 Å². The van der Waals surface area contributed by atoms with Crippen LogP contribution in [0.3, 0.4) is 0 Å². The zero-order valence-corrected chi connectivity index (χ0v) is 18.5. The number of aromatic nitrogens is 1. The fraction of sp³-hybridized carbons (Fsp3) is 0.545. The van der Waals surface area contributed by atoms with Crippen molar-refractivity contribution in [3.63, 3.8) is 0 Å². The summed E-state index contributed by atoms with van der Waals surface area (Å²) >= 11 is 0. The Morgan fingerprint density at radius 1 is 1.00 bits per heavy atom. The molecule has 0 bridgehead atoms. The van der Waals surface area contributed by atoms with E-state index in [2.05, 4.69) is 17.3 Å². The van der Waals surface area contributed by atoms with Crippen LogP contribution in [0.25, 0.3) is 0 Å². The number of sulfonamides is 1. The molecule has 1 aromatic carbocycles. The summed E-state index contributed by atoms with van der Waals surface area (Å²) in [7, 11) is -3.67. The molecule has 2 aromatic rings. The van der Waals surface area contributed by atoms with Crippen molar-refractivity contribution in [2.75, 3.05) is 26.2 Å². The highest BCUT2D eigenvalue weighted by molar-refractivity contribution is 7.89. The van der Waals surface area contributed by atoms with Gasteiger partial charge in [0.1, 0.15) is 10.6 Å². The number of hydrogen-bond acceptors (Lipinski definition) is 5. The minimum atomic E-state index is -3.67. The second-order valence-electron chi connectivity index (χ2n) is 8.31. The van der Waals surface area contributed by atoms with Gasteiger partial charge in [-0.05, 0) is 50.3 Å². The van der Waals surface area contributed by atoms with Crippen LogP contribution in [0.15, 0.2) is 33.7 Å². The monoisotopic (exact) mass is 431 g/mol. The Balaban J connectivity index is 1.39. The van der Waals surface area contributed by atoms with E-state index in [1.165, 1.54) is 42.0 Å². The molecule has 2 aliphatic rings. The second kappa shape index (κ2) is 8.51. The first-order chi connectivity index (χ1) is 14.4. The molecule has 162 valence electrons. The van der Waals surface area contributed by atoms with Crippen LogP contribution in [-0.4, -0.2) is 54.9 Å². The van der Waals surface area contributed by atoms with Crippen LogP contribution in [0.1, 0.15) is 65.4 Å². The predicted octanol–water partition coefficient (Wildman–Crippen LogP) is 3.49. The third kappa shape index (κ3) is 4.03. The van der Waals surface area contributed by atoms with Crippen molar-refractivity contribution in [3.8, 4) is 0 Å². The van der Waals surface area contributed by atoms with Crippen LogP contribution >= 0.6 is 0 Å². The molecule has 0 N–H and O–H groups in total. The maximum absolute atomic E-state index is 12.9. The molecule has 0 spiro atoms. The Bertz CT molecular complexity index is 980. The quantitative estimate of drug-likeness (QED) is 0.740. The first-order valence-corrected chi connectivity index (χ1v) is 12.1. The molecule has 30 heavy (non-hydrogen) atoms. The molecule has 1 aliphatic carbocycles. The van der Waals surface area contributed by atoms with Gasteiger partial charge in [-0.15, -0.1) is 0 Å². The van der Waals surface area contributed by atoms with Crippen molar-refractivity contribution < 1.29 is 17.7 Å². The maximum atomic E-state index is 12.9. The summed E-state index contributed by atoms with van der Waals surface area (Å²) in [6.07, 6.45) is 6.35. The standard InChI is InChI=1S/C22H29N3O4S/c1-16-21(17(2)29-23-16)30(27,28)25-14-12-24(13-15-25)22(26)20-10-8-19(9-11-20)18-6-4-3-5-7-18/h8-11,18H,3-7,12-15H2,1-2H3. The molecule has 0 unspecified atom stereocenters. The molecule has 1 amide bonds. The van der Waals surface area contributed by atoms with Gasteiger partial charge < -0.3 is 9.42 Å². The molecule has 1 saturated carbocycles. The van der Waals surface area contributed by atoms with Gasteiger partial charge in [0.15, 0.2) is 5.76 Å². The molecule has 1 saturated heterocycles. The molecule has 8 heteroatoms. The van der Waals surface area contributed by atoms with Crippen molar-refractivity contribution in [3.05, 3.63) is 46.8 Å². The fourth-order valence-electron chi connectivity index (χ4n) is 4.62. The number of nitrogens with zero attached hydrogens (tertiary/aromatic N) is 3. The smallest absolute Gasteiger partial charge is 0.253 e. The van der Waals surface area contributed by atoms with Crippen LogP contribution in [0.5, 0.6) is 0 Å². The lowest BCUT2D eigenvalue weighted by molar-refractivity contribution is 0.0697. The molecule has 0 radical (unpaired) electrons. The average Bonchev–Trinajstić information content (AvgIpc) is 3.13. The first-order valence-electron chi connectivity index (χ1n) is 10.7. The molecule has 4 rings (SSSR count). The predicted molar refractivity (Wildman–Crippen MR) is 113 cm³/mol. The molecule has 1 aromatic heterocycles. The fourth-order valence-corrected chi connectivity index (χ4v) is 6.33. The number of carbonyl (C=O) groups is 1. The lowest BCUT2D eigenvalue weighted by atomic mass is 9.84. The van der Waals surface area contributed by atoms with Gasteiger partial charge in [0.05, 0.1) is 0 Å². The number of amides is 1. The maximum Gasteiger partial charge on any atom is 0.253 e. The molecular weight excluding hydrogens is 402 g/mol. The highest BCUT2D eigenvalue weighted by Gasteiger charge is 2.34. The molecule has 7 nitrogen and oxygen atoms in total. The number of aryl methyl sites for hydroxylation is 2. The molecule has 2 fully saturated rings. The Kier molecular flexibility index (Phi) is 5.97. The summed E-state index contributed by atoms with van der Waals surface area (Å²) in [5.74, 6) is 0.865. The zero-order valence-electron chi connectivity index (χ0n) is 17.6. The van der Waals surface area contributed by atoms with E-state index in [1.54, 1.807) is 18.7 Å². The lowest BCUT2D eigenvalue weighted by Crippen LogP contribution is -2.50. The normalized spacial score (nSPS) is 19.2. The minimum absolute atomic E-state index is 0.0421. The van der Waals surface area contributed by atoms with E-state index in [-0.39, 0.29) is 23.9 Å². The minimum Gasteiger partial charge on any atom is -0.360 e.